The first kappa shape index (κ1) is 35.0. The van der Waals surface area contributed by atoms with E-state index in [0.29, 0.717) is 12.5 Å². The average molecular weight is 651 g/mol. The van der Waals surface area contributed by atoms with Crippen LogP contribution in [0.4, 0.5) is 23.7 Å². The van der Waals surface area contributed by atoms with Crippen molar-refractivity contribution in [1.29, 1.82) is 5.26 Å². The molecule has 1 saturated carbocycles. The highest BCUT2D eigenvalue weighted by molar-refractivity contribution is 7.80. The molecule has 3 atom stereocenters. The highest BCUT2D eigenvalue weighted by Gasteiger charge is 2.52. The standard InChI is InChI=1S/C33H45F3N4O4S/c1-20-16-26(17-21(2)38(20)30(42)44-31(3,4)5)43-15-14-22-8-11-24(12-9-22)40-29(45)39(28(41)32(40,6)7)25-13-10-23(19-37)27(18-25)33(34,35)36/h10,13,18,20-22,24,26H,8-9,11-12,14-17H2,1-7H3/t20-,21+,22-,24-,26?. The minimum Gasteiger partial charge on any atom is -0.444 e. The highest BCUT2D eigenvalue weighted by Crippen LogP contribution is 2.41. The van der Waals surface area contributed by atoms with Crippen LogP contribution in [0.15, 0.2) is 18.2 Å². The van der Waals surface area contributed by atoms with Gasteiger partial charge in [-0.05, 0) is 130 Å². The summed E-state index contributed by atoms with van der Waals surface area (Å²) in [6.45, 7) is 13.8. The number of hydrogen-bond donors (Lipinski definition) is 0. The predicted octanol–water partition coefficient (Wildman–Crippen LogP) is 7.43. The Bertz CT molecular complexity index is 1320. The number of rotatable bonds is 6. The highest BCUT2D eigenvalue weighted by atomic mass is 32.1. The SMILES string of the molecule is C[C@@H]1CC(OCC[C@H]2CC[C@H](N3C(=S)N(c4ccc(C#N)c(C(F)(F)F)c4)C(=O)C3(C)C)CC2)C[C@H](C)N1C(=O)OC(C)(C)C. The van der Waals surface area contributed by atoms with Gasteiger partial charge in [0.15, 0.2) is 5.11 Å². The second kappa shape index (κ2) is 13.1. The first-order valence-corrected chi connectivity index (χ1v) is 16.2. The molecular weight excluding hydrogens is 605 g/mol. The number of hydrogen-bond acceptors (Lipinski definition) is 6. The van der Waals surface area contributed by atoms with E-state index in [2.05, 4.69) is 0 Å². The van der Waals surface area contributed by atoms with E-state index in [-0.39, 0.29) is 47.0 Å². The first-order chi connectivity index (χ1) is 20.8. The number of anilines is 1. The minimum atomic E-state index is -4.74. The van der Waals surface area contributed by atoms with Gasteiger partial charge in [-0.3, -0.25) is 9.69 Å². The van der Waals surface area contributed by atoms with Gasteiger partial charge < -0.3 is 19.3 Å². The van der Waals surface area contributed by atoms with E-state index in [1.165, 1.54) is 11.0 Å². The summed E-state index contributed by atoms with van der Waals surface area (Å²) in [4.78, 5) is 31.1. The second-order valence-corrected chi connectivity index (χ2v) is 14.6. The van der Waals surface area contributed by atoms with Crippen molar-refractivity contribution in [1.82, 2.24) is 9.80 Å². The fourth-order valence-corrected chi connectivity index (χ4v) is 7.64. The van der Waals surface area contributed by atoms with Crippen LogP contribution < -0.4 is 4.90 Å². The molecule has 0 aromatic heterocycles. The molecule has 2 aliphatic heterocycles. The molecule has 1 unspecified atom stereocenters. The predicted molar refractivity (Wildman–Crippen MR) is 168 cm³/mol. The van der Waals surface area contributed by atoms with Crippen LogP contribution in [0.2, 0.25) is 0 Å². The van der Waals surface area contributed by atoms with Crippen molar-refractivity contribution in [3.8, 4) is 6.07 Å². The fraction of sp³-hybridized carbons (Fsp3) is 0.697. The third-order valence-electron chi connectivity index (χ3n) is 9.24. The summed E-state index contributed by atoms with van der Waals surface area (Å²) in [6, 6.07) is 4.86. The smallest absolute Gasteiger partial charge is 0.417 e. The van der Waals surface area contributed by atoms with Crippen LogP contribution in [0.3, 0.4) is 0 Å². The summed E-state index contributed by atoms with van der Waals surface area (Å²) in [5, 5.41) is 9.36. The summed E-state index contributed by atoms with van der Waals surface area (Å²) >= 11 is 5.72. The van der Waals surface area contributed by atoms with E-state index in [4.69, 9.17) is 27.0 Å². The van der Waals surface area contributed by atoms with Gasteiger partial charge in [0, 0.05) is 24.7 Å². The van der Waals surface area contributed by atoms with Crippen LogP contribution in [0.1, 0.15) is 105 Å². The van der Waals surface area contributed by atoms with Gasteiger partial charge >= 0.3 is 12.3 Å². The molecule has 0 N–H and O–H groups in total. The molecule has 0 bridgehead atoms. The number of alkyl halides is 3. The van der Waals surface area contributed by atoms with Crippen LogP contribution in [0.5, 0.6) is 0 Å². The average Bonchev–Trinajstić information content (AvgIpc) is 3.09. The molecule has 0 spiro atoms. The number of nitrogens with zero attached hydrogens (tertiary/aromatic N) is 4. The monoisotopic (exact) mass is 650 g/mol. The molecule has 2 saturated heterocycles. The van der Waals surface area contributed by atoms with Crippen LogP contribution in [-0.4, -0.2) is 68.9 Å². The van der Waals surface area contributed by atoms with Gasteiger partial charge in [0.05, 0.1) is 29.0 Å². The van der Waals surface area contributed by atoms with Gasteiger partial charge in [-0.15, -0.1) is 0 Å². The zero-order valence-electron chi connectivity index (χ0n) is 27.2. The van der Waals surface area contributed by atoms with Gasteiger partial charge in [-0.25, -0.2) is 4.79 Å². The van der Waals surface area contributed by atoms with E-state index in [1.54, 1.807) is 19.9 Å². The van der Waals surface area contributed by atoms with Crippen molar-refractivity contribution in [2.75, 3.05) is 11.5 Å². The zero-order valence-corrected chi connectivity index (χ0v) is 28.1. The molecule has 1 aliphatic carbocycles. The number of carbonyl (C=O) groups excluding carboxylic acids is 2. The van der Waals surface area contributed by atoms with Crippen molar-refractivity contribution in [3.63, 3.8) is 0 Å². The van der Waals surface area contributed by atoms with E-state index in [1.807, 2.05) is 44.4 Å². The second-order valence-electron chi connectivity index (χ2n) is 14.2. The summed E-state index contributed by atoms with van der Waals surface area (Å²) in [5.74, 6) is 0.0685. The van der Waals surface area contributed by atoms with Crippen LogP contribution >= 0.6 is 12.2 Å². The Balaban J connectivity index is 1.31. The first-order valence-electron chi connectivity index (χ1n) is 15.8. The maximum Gasteiger partial charge on any atom is 0.417 e. The Hall–Kier alpha value is -2.91. The molecule has 2 heterocycles. The van der Waals surface area contributed by atoms with Crippen LogP contribution in [0.25, 0.3) is 0 Å². The molecule has 12 heteroatoms. The van der Waals surface area contributed by atoms with Crippen molar-refractivity contribution in [2.45, 2.75) is 135 Å². The number of likely N-dealkylation sites (tertiary alicyclic amines) is 1. The van der Waals surface area contributed by atoms with E-state index >= 15 is 0 Å². The third kappa shape index (κ3) is 7.57. The normalized spacial score (nSPS) is 27.5. The summed E-state index contributed by atoms with van der Waals surface area (Å²) in [6.07, 6.45) is 0.932. The van der Waals surface area contributed by atoms with Crippen molar-refractivity contribution < 1.29 is 32.2 Å². The molecule has 1 aromatic carbocycles. The third-order valence-corrected chi connectivity index (χ3v) is 9.62. The fourth-order valence-electron chi connectivity index (χ4n) is 7.08. The number of ether oxygens (including phenoxy) is 2. The Morgan fingerprint density at radius 3 is 2.22 bits per heavy atom. The molecule has 4 rings (SSSR count). The molecule has 1 aromatic rings. The Morgan fingerprint density at radius 1 is 1.09 bits per heavy atom. The quantitative estimate of drug-likeness (QED) is 0.296. The number of piperidine rings is 1. The molecule has 45 heavy (non-hydrogen) atoms. The van der Waals surface area contributed by atoms with E-state index < -0.39 is 28.4 Å². The van der Waals surface area contributed by atoms with Crippen LogP contribution in [0, 0.1) is 17.2 Å². The lowest BCUT2D eigenvalue weighted by molar-refractivity contribution is -0.137. The zero-order chi connectivity index (χ0) is 33.5. The maximum absolute atomic E-state index is 13.6. The van der Waals surface area contributed by atoms with Crippen molar-refractivity contribution >= 4 is 35.0 Å². The number of thiocarbonyl (C=S) groups is 1. The van der Waals surface area contributed by atoms with E-state index in [0.717, 1.165) is 57.1 Å². The molecule has 8 nitrogen and oxygen atoms in total. The molecular formula is C33H45F3N4O4S. The van der Waals surface area contributed by atoms with E-state index in [9.17, 15) is 22.8 Å². The molecule has 3 fully saturated rings. The number of benzene rings is 1. The van der Waals surface area contributed by atoms with Crippen molar-refractivity contribution in [2.24, 2.45) is 5.92 Å². The molecule has 248 valence electrons. The van der Waals surface area contributed by atoms with Gasteiger partial charge in [-0.2, -0.15) is 18.4 Å². The summed E-state index contributed by atoms with van der Waals surface area (Å²) < 4.78 is 52.8. The van der Waals surface area contributed by atoms with Crippen LogP contribution in [-0.2, 0) is 20.4 Å². The minimum absolute atomic E-state index is 0.0123. The Labute approximate surface area is 269 Å². The summed E-state index contributed by atoms with van der Waals surface area (Å²) in [5.41, 5.74) is -3.14. The molecule has 3 aliphatic rings. The number of halogens is 3. The van der Waals surface area contributed by atoms with Gasteiger partial charge in [-0.1, -0.05) is 0 Å². The lowest BCUT2D eigenvalue weighted by Crippen LogP contribution is -2.53. The summed E-state index contributed by atoms with van der Waals surface area (Å²) in [7, 11) is 0. The number of amides is 2. The number of carbonyl (C=O) groups is 2. The number of nitriles is 1. The lowest BCUT2D eigenvalue weighted by atomic mass is 9.82. The topological polar surface area (TPSA) is 86.1 Å². The van der Waals surface area contributed by atoms with Crippen molar-refractivity contribution in [3.05, 3.63) is 29.3 Å². The Morgan fingerprint density at radius 2 is 1.69 bits per heavy atom. The largest absolute Gasteiger partial charge is 0.444 e. The molecule has 0 radical (unpaired) electrons. The van der Waals surface area contributed by atoms with Gasteiger partial charge in [0.1, 0.15) is 11.1 Å². The van der Waals surface area contributed by atoms with Gasteiger partial charge in [0.2, 0.25) is 0 Å². The maximum atomic E-state index is 13.6. The molecule has 2 amide bonds. The van der Waals surface area contributed by atoms with Gasteiger partial charge in [0.25, 0.3) is 5.91 Å². The lowest BCUT2D eigenvalue weighted by Gasteiger charge is -2.43. The Kier molecular flexibility index (Phi) is 10.2.